The van der Waals surface area contributed by atoms with Crippen LogP contribution in [0.25, 0.3) is 0 Å². The highest BCUT2D eigenvalue weighted by Crippen LogP contribution is 2.42. The number of hydrogen-bond acceptors (Lipinski definition) is 7. The summed E-state index contributed by atoms with van der Waals surface area (Å²) in [4.78, 5) is 18.8. The Morgan fingerprint density at radius 2 is 2.18 bits per heavy atom. The van der Waals surface area contributed by atoms with Crippen LogP contribution < -0.4 is 5.32 Å². The Hall–Kier alpha value is -2.03. The van der Waals surface area contributed by atoms with Crippen molar-refractivity contribution >= 4 is 23.6 Å². The topological polar surface area (TPSA) is 97.0 Å². The Labute approximate surface area is 131 Å². The van der Waals surface area contributed by atoms with E-state index >= 15 is 0 Å². The number of urea groups is 1. The zero-order valence-corrected chi connectivity index (χ0v) is 12.9. The van der Waals surface area contributed by atoms with E-state index < -0.39 is 0 Å². The molecule has 0 radical (unpaired) electrons. The van der Waals surface area contributed by atoms with E-state index in [1.807, 2.05) is 4.90 Å². The van der Waals surface area contributed by atoms with Gasteiger partial charge in [0.2, 0.25) is 5.89 Å². The first-order chi connectivity index (χ1) is 10.7. The molecule has 4 heterocycles. The highest BCUT2D eigenvalue weighted by molar-refractivity contribution is 6.99. The average molecular weight is 320 g/mol. The lowest BCUT2D eigenvalue weighted by atomic mass is 9.90. The number of carbonyl (C=O) groups excluding carboxylic acids is 1. The molecule has 2 amide bonds. The minimum Gasteiger partial charge on any atom is -0.340 e. The smallest absolute Gasteiger partial charge is 0.323 e. The van der Waals surface area contributed by atoms with E-state index in [4.69, 9.17) is 4.52 Å². The van der Waals surface area contributed by atoms with E-state index in [9.17, 15) is 4.79 Å². The number of anilines is 1. The largest absolute Gasteiger partial charge is 0.340 e. The molecule has 0 saturated carbocycles. The van der Waals surface area contributed by atoms with Crippen LogP contribution in [0.2, 0.25) is 0 Å². The van der Waals surface area contributed by atoms with Crippen molar-refractivity contribution in [3.05, 3.63) is 17.9 Å². The molecular formula is C13H16N6O2S. The van der Waals surface area contributed by atoms with Gasteiger partial charge in [0.25, 0.3) is 0 Å². The van der Waals surface area contributed by atoms with Crippen LogP contribution in [-0.2, 0) is 0 Å². The van der Waals surface area contributed by atoms with E-state index in [0.717, 1.165) is 43.2 Å². The first kappa shape index (κ1) is 13.6. The van der Waals surface area contributed by atoms with Crippen molar-refractivity contribution in [1.82, 2.24) is 23.8 Å². The second-order valence-electron chi connectivity index (χ2n) is 5.86. The number of hydrogen-bond donors (Lipinski definition) is 1. The van der Waals surface area contributed by atoms with E-state index in [1.165, 1.54) is 0 Å². The number of nitrogens with zero attached hydrogens (tertiary/aromatic N) is 5. The highest BCUT2D eigenvalue weighted by Gasteiger charge is 2.44. The lowest BCUT2D eigenvalue weighted by Crippen LogP contribution is -2.48. The van der Waals surface area contributed by atoms with Crippen LogP contribution in [0.4, 0.5) is 10.6 Å². The SMILES string of the molecule is Cc1nc(C2CC3CCC(C2)N3C(=O)Nc2cnsn2)no1. The fourth-order valence-electron chi connectivity index (χ4n) is 3.59. The molecule has 1 N–H and O–H groups in total. The molecule has 8 nitrogen and oxygen atoms in total. The van der Waals surface area contributed by atoms with Crippen LogP contribution in [0, 0.1) is 6.92 Å². The Bertz CT molecular complexity index is 658. The number of aromatic nitrogens is 4. The number of fused-ring (bicyclic) bond motifs is 2. The van der Waals surface area contributed by atoms with Crippen LogP contribution in [0.3, 0.4) is 0 Å². The zero-order valence-electron chi connectivity index (χ0n) is 12.1. The molecule has 2 aromatic heterocycles. The van der Waals surface area contributed by atoms with E-state index in [1.54, 1.807) is 13.1 Å². The Morgan fingerprint density at radius 3 is 2.77 bits per heavy atom. The summed E-state index contributed by atoms with van der Waals surface area (Å²) < 4.78 is 13.0. The first-order valence-corrected chi connectivity index (χ1v) is 8.11. The maximum atomic E-state index is 12.5. The van der Waals surface area contributed by atoms with Crippen LogP contribution >= 0.6 is 11.7 Å². The van der Waals surface area contributed by atoms with Crippen LogP contribution in [0.15, 0.2) is 10.7 Å². The van der Waals surface area contributed by atoms with Crippen LogP contribution in [0.5, 0.6) is 0 Å². The predicted molar refractivity (Wildman–Crippen MR) is 78.6 cm³/mol. The van der Waals surface area contributed by atoms with Gasteiger partial charge in [-0.1, -0.05) is 5.16 Å². The molecule has 0 aliphatic carbocycles. The zero-order chi connectivity index (χ0) is 15.1. The van der Waals surface area contributed by atoms with Gasteiger partial charge in [-0.3, -0.25) is 5.32 Å². The van der Waals surface area contributed by atoms with Crippen molar-refractivity contribution in [2.45, 2.75) is 50.6 Å². The maximum absolute atomic E-state index is 12.5. The molecule has 2 aliphatic rings. The molecule has 4 rings (SSSR count). The fourth-order valence-corrected chi connectivity index (χ4v) is 3.97. The Balaban J connectivity index is 1.47. The monoisotopic (exact) mass is 320 g/mol. The van der Waals surface area contributed by atoms with Crippen LogP contribution in [0.1, 0.15) is 43.3 Å². The summed E-state index contributed by atoms with van der Waals surface area (Å²) in [5.74, 6) is 2.17. The highest BCUT2D eigenvalue weighted by atomic mass is 32.1. The third kappa shape index (κ3) is 2.35. The second-order valence-corrected chi connectivity index (χ2v) is 6.41. The molecule has 2 unspecified atom stereocenters. The maximum Gasteiger partial charge on any atom is 0.323 e. The molecule has 116 valence electrons. The minimum atomic E-state index is -0.0806. The van der Waals surface area contributed by atoms with Crippen molar-refractivity contribution < 1.29 is 9.32 Å². The molecule has 2 atom stereocenters. The molecule has 0 spiro atoms. The van der Waals surface area contributed by atoms with Gasteiger partial charge in [0.1, 0.15) is 0 Å². The summed E-state index contributed by atoms with van der Waals surface area (Å²) in [6.07, 6.45) is 5.40. The second kappa shape index (κ2) is 5.31. The van der Waals surface area contributed by atoms with Crippen molar-refractivity contribution in [1.29, 1.82) is 0 Å². The van der Waals surface area contributed by atoms with Crippen molar-refractivity contribution in [3.8, 4) is 0 Å². The molecule has 2 bridgehead atoms. The third-order valence-corrected chi connectivity index (χ3v) is 4.95. The Kier molecular flexibility index (Phi) is 3.29. The van der Waals surface area contributed by atoms with Gasteiger partial charge in [0, 0.05) is 24.9 Å². The number of amides is 2. The van der Waals surface area contributed by atoms with E-state index in [2.05, 4.69) is 24.2 Å². The minimum absolute atomic E-state index is 0.0806. The van der Waals surface area contributed by atoms with E-state index in [0.29, 0.717) is 11.7 Å². The third-order valence-electron chi connectivity index (χ3n) is 4.47. The average Bonchev–Trinajstić information content (AvgIpc) is 3.20. The lowest BCUT2D eigenvalue weighted by Gasteiger charge is -2.37. The summed E-state index contributed by atoms with van der Waals surface area (Å²) in [6, 6.07) is 0.381. The molecule has 2 fully saturated rings. The van der Waals surface area contributed by atoms with Crippen molar-refractivity contribution in [2.75, 3.05) is 5.32 Å². The lowest BCUT2D eigenvalue weighted by molar-refractivity contribution is 0.147. The number of nitrogens with one attached hydrogen (secondary N) is 1. The number of carbonyl (C=O) groups is 1. The molecule has 0 aromatic carbocycles. The van der Waals surface area contributed by atoms with Gasteiger partial charge >= 0.3 is 6.03 Å². The normalized spacial score (nSPS) is 27.1. The van der Waals surface area contributed by atoms with Gasteiger partial charge in [-0.2, -0.15) is 13.7 Å². The number of piperidine rings is 1. The molecule has 2 aliphatic heterocycles. The first-order valence-electron chi connectivity index (χ1n) is 7.38. The molecule has 9 heteroatoms. The summed E-state index contributed by atoms with van der Waals surface area (Å²) in [5.41, 5.74) is 0. The summed E-state index contributed by atoms with van der Waals surface area (Å²) in [6.45, 7) is 1.80. The standard InChI is InChI=1S/C13H16N6O2S/c1-7-15-12(17-21-7)8-4-9-2-3-10(5-8)19(9)13(20)16-11-6-14-22-18-11/h6,8-10H,2-5H2,1H3,(H,16,18,20). The Morgan fingerprint density at radius 1 is 1.41 bits per heavy atom. The van der Waals surface area contributed by atoms with E-state index in [-0.39, 0.29) is 24.0 Å². The van der Waals surface area contributed by atoms with Gasteiger partial charge in [0.15, 0.2) is 11.6 Å². The molecule has 2 aromatic rings. The van der Waals surface area contributed by atoms with Crippen LogP contribution in [-0.4, -0.2) is 41.9 Å². The van der Waals surface area contributed by atoms with Gasteiger partial charge in [-0.05, 0) is 25.7 Å². The predicted octanol–water partition coefficient (Wildman–Crippen LogP) is 2.17. The fraction of sp³-hybridized carbons (Fsp3) is 0.615. The molecule has 2 saturated heterocycles. The van der Waals surface area contributed by atoms with Gasteiger partial charge in [0.05, 0.1) is 17.9 Å². The van der Waals surface area contributed by atoms with Gasteiger partial charge < -0.3 is 9.42 Å². The van der Waals surface area contributed by atoms with Gasteiger partial charge in [-0.15, -0.1) is 0 Å². The quantitative estimate of drug-likeness (QED) is 0.911. The molecule has 22 heavy (non-hydrogen) atoms. The summed E-state index contributed by atoms with van der Waals surface area (Å²) >= 11 is 1.09. The molecular weight excluding hydrogens is 304 g/mol. The number of rotatable bonds is 2. The number of aryl methyl sites for hydroxylation is 1. The van der Waals surface area contributed by atoms with Crippen molar-refractivity contribution in [2.24, 2.45) is 0 Å². The van der Waals surface area contributed by atoms with Crippen molar-refractivity contribution in [3.63, 3.8) is 0 Å². The van der Waals surface area contributed by atoms with Gasteiger partial charge in [-0.25, -0.2) is 4.79 Å². The summed E-state index contributed by atoms with van der Waals surface area (Å²) in [5, 5.41) is 6.87. The summed E-state index contributed by atoms with van der Waals surface area (Å²) in [7, 11) is 0.